The van der Waals surface area contributed by atoms with Gasteiger partial charge in [-0.1, -0.05) is 23.7 Å². The van der Waals surface area contributed by atoms with E-state index in [4.69, 9.17) is 16.3 Å². The zero-order chi connectivity index (χ0) is 18.7. The second-order valence-corrected chi connectivity index (χ2v) is 6.54. The number of phenols is 1. The third kappa shape index (κ3) is 3.84. The molecule has 1 aliphatic heterocycles. The summed E-state index contributed by atoms with van der Waals surface area (Å²) >= 11 is 6.26. The van der Waals surface area contributed by atoms with Gasteiger partial charge in [0.05, 0.1) is 22.7 Å². The number of rotatable bonds is 5. The molecule has 0 saturated carbocycles. The molecule has 8 heteroatoms. The van der Waals surface area contributed by atoms with Crippen molar-refractivity contribution in [3.05, 3.63) is 57.1 Å². The summed E-state index contributed by atoms with van der Waals surface area (Å²) in [5, 5.41) is 21.7. The van der Waals surface area contributed by atoms with Crippen LogP contribution < -0.4 is 9.64 Å². The summed E-state index contributed by atoms with van der Waals surface area (Å²) in [5.41, 5.74) is 1.42. The minimum atomic E-state index is -0.601. The van der Waals surface area contributed by atoms with Crippen LogP contribution in [0.1, 0.15) is 5.56 Å². The van der Waals surface area contributed by atoms with Gasteiger partial charge < -0.3 is 14.7 Å². The van der Waals surface area contributed by atoms with Gasteiger partial charge in [-0.05, 0) is 23.8 Å². The molecule has 1 N–H and O–H groups in total. The van der Waals surface area contributed by atoms with Gasteiger partial charge in [0.15, 0.2) is 5.75 Å². The number of aromatic hydroxyl groups is 1. The van der Waals surface area contributed by atoms with E-state index in [2.05, 4.69) is 9.80 Å². The SMILES string of the molecule is COc1cc(CN2CCN(c3ccccc3Cl)CC2)cc([N+](=O)[O-])c1O. The highest BCUT2D eigenvalue weighted by molar-refractivity contribution is 6.33. The molecule has 0 atom stereocenters. The summed E-state index contributed by atoms with van der Waals surface area (Å²) in [5.74, 6) is -0.325. The first kappa shape index (κ1) is 18.3. The molecule has 0 aliphatic carbocycles. The minimum Gasteiger partial charge on any atom is -0.500 e. The number of nitro benzene ring substituents is 1. The predicted molar refractivity (Wildman–Crippen MR) is 100 cm³/mol. The summed E-state index contributed by atoms with van der Waals surface area (Å²) in [4.78, 5) is 15.0. The summed E-state index contributed by atoms with van der Waals surface area (Å²) in [6, 6.07) is 10.8. The first-order chi connectivity index (χ1) is 12.5. The zero-order valence-corrected chi connectivity index (χ0v) is 15.1. The van der Waals surface area contributed by atoms with E-state index in [-0.39, 0.29) is 11.4 Å². The molecule has 7 nitrogen and oxygen atoms in total. The number of piperazine rings is 1. The summed E-state index contributed by atoms with van der Waals surface area (Å²) in [7, 11) is 1.38. The van der Waals surface area contributed by atoms with Crippen molar-refractivity contribution < 1.29 is 14.8 Å². The van der Waals surface area contributed by atoms with Crippen LogP contribution in [0.5, 0.6) is 11.5 Å². The highest BCUT2D eigenvalue weighted by atomic mass is 35.5. The van der Waals surface area contributed by atoms with Gasteiger partial charge in [-0.25, -0.2) is 0 Å². The number of hydrogen-bond acceptors (Lipinski definition) is 6. The van der Waals surface area contributed by atoms with Crippen LogP contribution in [0.3, 0.4) is 0 Å². The number of anilines is 1. The lowest BCUT2D eigenvalue weighted by Gasteiger charge is -2.36. The van der Waals surface area contributed by atoms with E-state index in [0.29, 0.717) is 6.54 Å². The van der Waals surface area contributed by atoms with E-state index in [9.17, 15) is 15.2 Å². The van der Waals surface area contributed by atoms with Crippen molar-refractivity contribution in [2.45, 2.75) is 6.54 Å². The fourth-order valence-corrected chi connectivity index (χ4v) is 3.40. The van der Waals surface area contributed by atoms with Gasteiger partial charge in [-0.15, -0.1) is 0 Å². The van der Waals surface area contributed by atoms with E-state index in [1.54, 1.807) is 6.07 Å². The number of halogens is 1. The van der Waals surface area contributed by atoms with Crippen LogP contribution in [0.2, 0.25) is 5.02 Å². The molecule has 1 aliphatic rings. The van der Waals surface area contributed by atoms with Gasteiger partial charge in [-0.3, -0.25) is 15.0 Å². The smallest absolute Gasteiger partial charge is 0.314 e. The van der Waals surface area contributed by atoms with Crippen molar-refractivity contribution in [2.24, 2.45) is 0 Å². The molecule has 0 bridgehead atoms. The van der Waals surface area contributed by atoms with Gasteiger partial charge in [0.25, 0.3) is 0 Å². The molecule has 3 rings (SSSR count). The number of phenolic OH excluding ortho intramolecular Hbond substituents is 1. The normalized spacial score (nSPS) is 15.1. The van der Waals surface area contributed by atoms with Crippen molar-refractivity contribution >= 4 is 23.0 Å². The largest absolute Gasteiger partial charge is 0.500 e. The Morgan fingerprint density at radius 1 is 1.23 bits per heavy atom. The van der Waals surface area contributed by atoms with Gasteiger partial charge in [-0.2, -0.15) is 0 Å². The van der Waals surface area contributed by atoms with Crippen molar-refractivity contribution in [3.63, 3.8) is 0 Å². The molecule has 26 heavy (non-hydrogen) atoms. The van der Waals surface area contributed by atoms with Crippen LogP contribution in [-0.4, -0.2) is 48.2 Å². The number of nitro groups is 1. The Labute approximate surface area is 156 Å². The predicted octanol–water partition coefficient (Wildman–Crippen LogP) is 3.28. The molecule has 0 unspecified atom stereocenters. The van der Waals surface area contributed by atoms with Crippen LogP contribution in [0.25, 0.3) is 0 Å². The van der Waals surface area contributed by atoms with Crippen molar-refractivity contribution in [2.75, 3.05) is 38.2 Å². The molecule has 1 saturated heterocycles. The Kier molecular flexibility index (Phi) is 5.49. The van der Waals surface area contributed by atoms with E-state index in [1.165, 1.54) is 13.2 Å². The molecular weight excluding hydrogens is 358 g/mol. The number of para-hydroxylation sites is 1. The van der Waals surface area contributed by atoms with Crippen molar-refractivity contribution in [3.8, 4) is 11.5 Å². The van der Waals surface area contributed by atoms with Crippen LogP contribution in [0.4, 0.5) is 11.4 Å². The van der Waals surface area contributed by atoms with Gasteiger partial charge in [0.1, 0.15) is 0 Å². The van der Waals surface area contributed by atoms with Gasteiger partial charge in [0, 0.05) is 38.8 Å². The fraction of sp³-hybridized carbons (Fsp3) is 0.333. The molecule has 1 fully saturated rings. The minimum absolute atomic E-state index is 0.115. The monoisotopic (exact) mass is 377 g/mol. The Morgan fingerprint density at radius 2 is 1.92 bits per heavy atom. The Balaban J connectivity index is 1.69. The van der Waals surface area contributed by atoms with Crippen LogP contribution >= 0.6 is 11.6 Å². The van der Waals surface area contributed by atoms with Gasteiger partial charge >= 0.3 is 5.69 Å². The number of methoxy groups -OCH3 is 1. The standard InChI is InChI=1S/C18H20ClN3O4/c1-26-17-11-13(10-16(18(17)23)22(24)25)12-20-6-8-21(9-7-20)15-5-3-2-4-14(15)19/h2-5,10-11,23H,6-9,12H2,1H3. The highest BCUT2D eigenvalue weighted by Gasteiger charge is 2.23. The van der Waals surface area contributed by atoms with Crippen molar-refractivity contribution in [1.29, 1.82) is 0 Å². The molecule has 138 valence electrons. The number of nitrogens with zero attached hydrogens (tertiary/aromatic N) is 3. The van der Waals surface area contributed by atoms with Crippen LogP contribution in [0, 0.1) is 10.1 Å². The van der Waals surface area contributed by atoms with E-state index < -0.39 is 10.7 Å². The van der Waals surface area contributed by atoms with Crippen LogP contribution in [-0.2, 0) is 6.54 Å². The summed E-state index contributed by atoms with van der Waals surface area (Å²) in [6.45, 7) is 3.81. The molecule has 2 aromatic carbocycles. The third-order valence-corrected chi connectivity index (χ3v) is 4.82. The maximum atomic E-state index is 11.1. The second kappa shape index (κ2) is 7.80. The van der Waals surface area contributed by atoms with Gasteiger partial charge in [0.2, 0.25) is 5.75 Å². The van der Waals surface area contributed by atoms with E-state index in [1.807, 2.05) is 24.3 Å². The molecule has 0 amide bonds. The Bertz CT molecular complexity index is 807. The quantitative estimate of drug-likeness (QED) is 0.636. The number of hydrogen-bond donors (Lipinski definition) is 1. The average molecular weight is 378 g/mol. The lowest BCUT2D eigenvalue weighted by molar-refractivity contribution is -0.386. The lowest BCUT2D eigenvalue weighted by Crippen LogP contribution is -2.46. The summed E-state index contributed by atoms with van der Waals surface area (Å²) in [6.07, 6.45) is 0. The topological polar surface area (TPSA) is 79.1 Å². The molecule has 1 heterocycles. The highest BCUT2D eigenvalue weighted by Crippen LogP contribution is 2.37. The average Bonchev–Trinajstić information content (AvgIpc) is 2.64. The molecule has 0 radical (unpaired) electrons. The third-order valence-electron chi connectivity index (χ3n) is 4.50. The number of ether oxygens (including phenoxy) is 1. The van der Waals surface area contributed by atoms with E-state index in [0.717, 1.165) is 42.5 Å². The molecule has 2 aromatic rings. The first-order valence-corrected chi connectivity index (χ1v) is 8.63. The maximum absolute atomic E-state index is 11.1. The molecule has 0 aromatic heterocycles. The van der Waals surface area contributed by atoms with E-state index >= 15 is 0 Å². The Morgan fingerprint density at radius 3 is 2.54 bits per heavy atom. The molecule has 0 spiro atoms. The van der Waals surface area contributed by atoms with Crippen molar-refractivity contribution in [1.82, 2.24) is 4.90 Å². The fourth-order valence-electron chi connectivity index (χ4n) is 3.15. The maximum Gasteiger partial charge on any atom is 0.314 e. The Hall–Kier alpha value is -2.51. The molecular formula is C18H20ClN3O4. The summed E-state index contributed by atoms with van der Waals surface area (Å²) < 4.78 is 5.06. The zero-order valence-electron chi connectivity index (χ0n) is 14.4. The first-order valence-electron chi connectivity index (χ1n) is 8.25. The lowest BCUT2D eigenvalue weighted by atomic mass is 10.1. The number of benzene rings is 2. The van der Waals surface area contributed by atoms with Crippen LogP contribution in [0.15, 0.2) is 36.4 Å². The second-order valence-electron chi connectivity index (χ2n) is 6.14.